The van der Waals surface area contributed by atoms with E-state index in [2.05, 4.69) is 4.98 Å². The lowest BCUT2D eigenvalue weighted by molar-refractivity contribution is 0.315. The molecule has 0 atom stereocenters. The number of hydrogen-bond donors (Lipinski definition) is 0. The van der Waals surface area contributed by atoms with Crippen LogP contribution in [-0.2, 0) is 16.6 Å². The van der Waals surface area contributed by atoms with E-state index < -0.39 is 10.0 Å². The molecule has 0 aromatic carbocycles. The SMILES string of the molecule is CCC(CC)N(CCCl)S(=O)(=O)c1cn(CC)c(C)n1. The van der Waals surface area contributed by atoms with Crippen LogP contribution in [0.15, 0.2) is 11.2 Å². The van der Waals surface area contributed by atoms with Crippen molar-refractivity contribution in [3.05, 3.63) is 12.0 Å². The molecule has 0 fully saturated rings. The molecule has 1 aromatic rings. The number of hydrogen-bond acceptors (Lipinski definition) is 3. The Morgan fingerprint density at radius 2 is 1.95 bits per heavy atom. The van der Waals surface area contributed by atoms with Gasteiger partial charge in [-0.25, -0.2) is 13.4 Å². The zero-order valence-electron chi connectivity index (χ0n) is 12.6. The molecule has 0 aliphatic heterocycles. The van der Waals surface area contributed by atoms with Gasteiger partial charge in [-0.05, 0) is 26.7 Å². The second kappa shape index (κ2) is 7.43. The fourth-order valence-electron chi connectivity index (χ4n) is 2.32. The molecule has 116 valence electrons. The Labute approximate surface area is 127 Å². The molecule has 1 rings (SSSR count). The number of halogens is 1. The van der Waals surface area contributed by atoms with Gasteiger partial charge in [0, 0.05) is 31.2 Å². The summed E-state index contributed by atoms with van der Waals surface area (Å²) in [6.45, 7) is 8.76. The van der Waals surface area contributed by atoms with Crippen LogP contribution in [-0.4, -0.2) is 40.7 Å². The maximum absolute atomic E-state index is 12.8. The summed E-state index contributed by atoms with van der Waals surface area (Å²) in [7, 11) is -3.58. The lowest BCUT2D eigenvalue weighted by atomic mass is 10.2. The fourth-order valence-corrected chi connectivity index (χ4v) is 4.37. The van der Waals surface area contributed by atoms with Gasteiger partial charge < -0.3 is 4.57 Å². The molecule has 0 radical (unpaired) electrons. The number of nitrogens with zero attached hydrogens (tertiary/aromatic N) is 3. The predicted octanol–water partition coefficient (Wildman–Crippen LogP) is 2.63. The lowest BCUT2D eigenvalue weighted by Gasteiger charge is -2.28. The van der Waals surface area contributed by atoms with E-state index in [1.165, 1.54) is 4.31 Å². The maximum Gasteiger partial charge on any atom is 0.262 e. The minimum atomic E-state index is -3.58. The summed E-state index contributed by atoms with van der Waals surface area (Å²) in [6.07, 6.45) is 3.13. The average molecular weight is 322 g/mol. The van der Waals surface area contributed by atoms with Crippen molar-refractivity contribution >= 4 is 21.6 Å². The summed E-state index contributed by atoms with van der Waals surface area (Å²) < 4.78 is 28.8. The van der Waals surface area contributed by atoms with E-state index in [1.54, 1.807) is 6.20 Å². The molecule has 1 aromatic heterocycles. The Morgan fingerprint density at radius 1 is 1.35 bits per heavy atom. The minimum absolute atomic E-state index is 0.0363. The first kappa shape index (κ1) is 17.5. The van der Waals surface area contributed by atoms with Gasteiger partial charge in [0.05, 0.1) is 0 Å². The third-order valence-corrected chi connectivity index (χ3v) is 5.51. The number of rotatable bonds is 8. The summed E-state index contributed by atoms with van der Waals surface area (Å²) in [6, 6.07) is -0.0363. The summed E-state index contributed by atoms with van der Waals surface area (Å²) in [5, 5.41) is 0.119. The molecule has 0 spiro atoms. The first-order valence-corrected chi connectivity index (χ1v) is 9.01. The third-order valence-electron chi connectivity index (χ3n) is 3.52. The molecule has 5 nitrogen and oxygen atoms in total. The van der Waals surface area contributed by atoms with Gasteiger partial charge in [0.1, 0.15) is 5.82 Å². The van der Waals surface area contributed by atoms with Crippen LogP contribution in [0.1, 0.15) is 39.4 Å². The molecular weight excluding hydrogens is 298 g/mol. The fraction of sp³-hybridized carbons (Fsp3) is 0.769. The first-order chi connectivity index (χ1) is 9.42. The van der Waals surface area contributed by atoms with Gasteiger partial charge in [-0.3, -0.25) is 0 Å². The van der Waals surface area contributed by atoms with Crippen LogP contribution in [0.4, 0.5) is 0 Å². The van der Waals surface area contributed by atoms with E-state index in [0.717, 1.165) is 12.8 Å². The van der Waals surface area contributed by atoms with Crippen LogP contribution >= 0.6 is 11.6 Å². The smallest absolute Gasteiger partial charge is 0.262 e. The third kappa shape index (κ3) is 3.54. The number of aromatic nitrogens is 2. The van der Waals surface area contributed by atoms with Gasteiger partial charge >= 0.3 is 0 Å². The second-order valence-corrected chi connectivity index (χ2v) is 6.90. The molecule has 0 aliphatic rings. The number of alkyl halides is 1. The van der Waals surface area contributed by atoms with E-state index in [-0.39, 0.29) is 16.9 Å². The highest BCUT2D eigenvalue weighted by Crippen LogP contribution is 2.21. The molecule has 0 aliphatic carbocycles. The van der Waals surface area contributed by atoms with Gasteiger partial charge in [0.25, 0.3) is 10.0 Å². The van der Waals surface area contributed by atoms with Crippen molar-refractivity contribution in [2.24, 2.45) is 0 Å². The molecule has 0 bridgehead atoms. The van der Waals surface area contributed by atoms with Gasteiger partial charge in [0.2, 0.25) is 0 Å². The molecule has 0 saturated heterocycles. The van der Waals surface area contributed by atoms with Crippen LogP contribution in [0.2, 0.25) is 0 Å². The highest BCUT2D eigenvalue weighted by molar-refractivity contribution is 7.89. The minimum Gasteiger partial charge on any atom is -0.334 e. The maximum atomic E-state index is 12.8. The van der Waals surface area contributed by atoms with E-state index in [1.807, 2.05) is 32.3 Å². The van der Waals surface area contributed by atoms with Crippen molar-refractivity contribution in [1.82, 2.24) is 13.9 Å². The molecule has 0 saturated carbocycles. The van der Waals surface area contributed by atoms with Crippen LogP contribution in [0.3, 0.4) is 0 Å². The first-order valence-electron chi connectivity index (χ1n) is 7.03. The molecule has 7 heteroatoms. The predicted molar refractivity (Wildman–Crippen MR) is 81.6 cm³/mol. The Kier molecular flexibility index (Phi) is 6.48. The Morgan fingerprint density at radius 3 is 2.35 bits per heavy atom. The van der Waals surface area contributed by atoms with E-state index in [0.29, 0.717) is 18.9 Å². The normalized spacial score (nSPS) is 12.6. The molecular formula is C13H24ClN3O2S. The quantitative estimate of drug-likeness (QED) is 0.692. The molecule has 0 amide bonds. The summed E-state index contributed by atoms with van der Waals surface area (Å²) in [5.41, 5.74) is 0. The van der Waals surface area contributed by atoms with Crippen molar-refractivity contribution in [3.8, 4) is 0 Å². The summed E-state index contributed by atoms with van der Waals surface area (Å²) in [4.78, 5) is 4.20. The second-order valence-electron chi connectivity index (χ2n) is 4.69. The van der Waals surface area contributed by atoms with Crippen molar-refractivity contribution in [3.63, 3.8) is 0 Å². The van der Waals surface area contributed by atoms with Crippen molar-refractivity contribution in [2.45, 2.75) is 58.1 Å². The standard InChI is InChI=1S/C13H24ClN3O2S/c1-5-12(6-2)17(9-8-14)20(18,19)13-10-16(7-3)11(4)15-13/h10,12H,5-9H2,1-4H3. The van der Waals surface area contributed by atoms with Crippen LogP contribution < -0.4 is 0 Å². The van der Waals surface area contributed by atoms with Gasteiger partial charge in [0.15, 0.2) is 5.03 Å². The largest absolute Gasteiger partial charge is 0.334 e. The number of aryl methyl sites for hydroxylation is 2. The van der Waals surface area contributed by atoms with Gasteiger partial charge in [-0.15, -0.1) is 11.6 Å². The van der Waals surface area contributed by atoms with E-state index in [9.17, 15) is 8.42 Å². The zero-order chi connectivity index (χ0) is 15.3. The molecule has 0 N–H and O–H groups in total. The van der Waals surface area contributed by atoms with Crippen LogP contribution in [0, 0.1) is 6.92 Å². The van der Waals surface area contributed by atoms with Crippen LogP contribution in [0.5, 0.6) is 0 Å². The van der Waals surface area contributed by atoms with Crippen molar-refractivity contribution in [1.29, 1.82) is 0 Å². The van der Waals surface area contributed by atoms with Gasteiger partial charge in [-0.2, -0.15) is 4.31 Å². The van der Waals surface area contributed by atoms with E-state index in [4.69, 9.17) is 11.6 Å². The molecule has 20 heavy (non-hydrogen) atoms. The van der Waals surface area contributed by atoms with Gasteiger partial charge in [-0.1, -0.05) is 13.8 Å². The van der Waals surface area contributed by atoms with E-state index >= 15 is 0 Å². The summed E-state index contributed by atoms with van der Waals surface area (Å²) >= 11 is 5.78. The number of imidazole rings is 1. The Bertz CT molecular complexity index is 524. The zero-order valence-corrected chi connectivity index (χ0v) is 14.2. The number of sulfonamides is 1. The summed E-state index contributed by atoms with van der Waals surface area (Å²) in [5.74, 6) is 0.991. The lowest BCUT2D eigenvalue weighted by Crippen LogP contribution is -2.41. The van der Waals surface area contributed by atoms with Crippen molar-refractivity contribution < 1.29 is 8.42 Å². The highest BCUT2D eigenvalue weighted by Gasteiger charge is 2.31. The topological polar surface area (TPSA) is 55.2 Å². The monoisotopic (exact) mass is 321 g/mol. The average Bonchev–Trinajstić information content (AvgIpc) is 2.81. The molecule has 0 unspecified atom stereocenters. The molecule has 1 heterocycles. The van der Waals surface area contributed by atoms with Crippen LogP contribution in [0.25, 0.3) is 0 Å². The Hall–Kier alpha value is -0.590. The highest BCUT2D eigenvalue weighted by atomic mass is 35.5. The Balaban J connectivity index is 3.21. The van der Waals surface area contributed by atoms with Crippen molar-refractivity contribution in [2.75, 3.05) is 12.4 Å².